The Morgan fingerprint density at radius 2 is 2.04 bits per heavy atom. The predicted molar refractivity (Wildman–Crippen MR) is 104 cm³/mol. The molecular weight excluding hydrogens is 342 g/mol. The number of methoxy groups -OCH3 is 1. The van der Waals surface area contributed by atoms with Crippen molar-refractivity contribution >= 4 is 6.03 Å². The maximum atomic E-state index is 12.4. The van der Waals surface area contributed by atoms with Gasteiger partial charge < -0.3 is 19.7 Å². The quantitative estimate of drug-likeness (QED) is 0.877. The van der Waals surface area contributed by atoms with Crippen molar-refractivity contribution in [2.45, 2.75) is 39.3 Å². The minimum Gasteiger partial charge on any atom is -0.490 e. The summed E-state index contributed by atoms with van der Waals surface area (Å²) in [5.41, 5.74) is 3.20. The van der Waals surface area contributed by atoms with Gasteiger partial charge in [-0.1, -0.05) is 18.2 Å². The summed E-state index contributed by atoms with van der Waals surface area (Å²) in [6, 6.07) is 9.92. The van der Waals surface area contributed by atoms with Gasteiger partial charge in [-0.3, -0.25) is 0 Å². The van der Waals surface area contributed by atoms with E-state index >= 15 is 0 Å². The topological polar surface area (TPSA) is 63.7 Å². The van der Waals surface area contributed by atoms with Crippen LogP contribution >= 0.6 is 0 Å². The third-order valence-electron chi connectivity index (χ3n) is 4.84. The van der Waals surface area contributed by atoms with Crippen LogP contribution in [0, 0.1) is 13.8 Å². The number of hydrogen-bond acceptors (Lipinski definition) is 4. The van der Waals surface area contributed by atoms with Crippen LogP contribution in [0.1, 0.15) is 29.5 Å². The minimum absolute atomic E-state index is 0.0638. The number of carbonyl (C=O) groups is 1. The summed E-state index contributed by atoms with van der Waals surface area (Å²) in [4.78, 5) is 18.4. The second-order valence-corrected chi connectivity index (χ2v) is 6.90. The Balaban J connectivity index is 1.48. The Labute approximate surface area is 160 Å². The Morgan fingerprint density at radius 1 is 1.26 bits per heavy atom. The zero-order valence-corrected chi connectivity index (χ0v) is 16.2. The molecule has 1 aromatic heterocycles. The standard InChI is InChI=1S/C21H27N3O3/c1-15-6-7-16(2)19(13-15)27-18-8-11-24(12-9-18)21(25)23-14-17-5-4-10-22-20(17)26-3/h4-7,10,13,18H,8-9,11-12,14H2,1-3H3,(H,23,25). The maximum Gasteiger partial charge on any atom is 0.317 e. The molecule has 1 aromatic carbocycles. The molecule has 1 aliphatic rings. The third kappa shape index (κ3) is 4.90. The van der Waals surface area contributed by atoms with Gasteiger partial charge in [-0.25, -0.2) is 9.78 Å². The SMILES string of the molecule is COc1ncccc1CNC(=O)N1CCC(Oc2cc(C)ccc2C)CC1. The lowest BCUT2D eigenvalue weighted by Gasteiger charge is -2.32. The normalized spacial score (nSPS) is 14.7. The molecule has 0 unspecified atom stereocenters. The molecule has 0 spiro atoms. The van der Waals surface area contributed by atoms with Crippen molar-refractivity contribution in [1.29, 1.82) is 0 Å². The molecule has 27 heavy (non-hydrogen) atoms. The number of aromatic nitrogens is 1. The van der Waals surface area contributed by atoms with Crippen molar-refractivity contribution < 1.29 is 14.3 Å². The van der Waals surface area contributed by atoms with Crippen LogP contribution < -0.4 is 14.8 Å². The van der Waals surface area contributed by atoms with Crippen LogP contribution in [0.25, 0.3) is 0 Å². The van der Waals surface area contributed by atoms with Crippen molar-refractivity contribution in [3.8, 4) is 11.6 Å². The molecule has 6 heteroatoms. The van der Waals surface area contributed by atoms with E-state index in [9.17, 15) is 4.79 Å². The first-order chi connectivity index (χ1) is 13.1. The third-order valence-corrected chi connectivity index (χ3v) is 4.84. The van der Waals surface area contributed by atoms with Gasteiger partial charge in [0.1, 0.15) is 11.9 Å². The highest BCUT2D eigenvalue weighted by atomic mass is 16.5. The minimum atomic E-state index is -0.0638. The molecule has 1 aliphatic heterocycles. The molecule has 2 aromatic rings. The number of nitrogens with zero attached hydrogens (tertiary/aromatic N) is 2. The molecule has 6 nitrogen and oxygen atoms in total. The van der Waals surface area contributed by atoms with Gasteiger partial charge in [-0.2, -0.15) is 0 Å². The van der Waals surface area contributed by atoms with E-state index in [1.165, 1.54) is 5.56 Å². The van der Waals surface area contributed by atoms with Crippen LogP contribution in [0.15, 0.2) is 36.5 Å². The van der Waals surface area contributed by atoms with Gasteiger partial charge in [0.25, 0.3) is 0 Å². The molecule has 3 rings (SSSR count). The largest absolute Gasteiger partial charge is 0.490 e. The Morgan fingerprint density at radius 3 is 2.78 bits per heavy atom. The number of pyridine rings is 1. The zero-order valence-electron chi connectivity index (χ0n) is 16.2. The Hall–Kier alpha value is -2.76. The first-order valence-corrected chi connectivity index (χ1v) is 9.31. The molecule has 2 heterocycles. The summed E-state index contributed by atoms with van der Waals surface area (Å²) in [6.07, 6.45) is 3.48. The first kappa shape index (κ1) is 19.0. The summed E-state index contributed by atoms with van der Waals surface area (Å²) in [5, 5.41) is 2.95. The predicted octanol–water partition coefficient (Wildman–Crippen LogP) is 3.46. The van der Waals surface area contributed by atoms with Crippen LogP contribution in [0.2, 0.25) is 0 Å². The van der Waals surface area contributed by atoms with Crippen LogP contribution in [-0.2, 0) is 6.54 Å². The van der Waals surface area contributed by atoms with Crippen LogP contribution in [0.4, 0.5) is 4.79 Å². The summed E-state index contributed by atoms with van der Waals surface area (Å²) in [5.74, 6) is 1.49. The van der Waals surface area contributed by atoms with Crippen molar-refractivity contribution in [1.82, 2.24) is 15.2 Å². The van der Waals surface area contributed by atoms with Gasteiger partial charge in [0.15, 0.2) is 0 Å². The average Bonchev–Trinajstić information content (AvgIpc) is 2.69. The van der Waals surface area contributed by atoms with Gasteiger partial charge in [-0.15, -0.1) is 0 Å². The summed E-state index contributed by atoms with van der Waals surface area (Å²) >= 11 is 0. The van der Waals surface area contributed by atoms with E-state index in [1.54, 1.807) is 13.3 Å². The highest BCUT2D eigenvalue weighted by molar-refractivity contribution is 5.74. The van der Waals surface area contributed by atoms with Crippen LogP contribution in [0.5, 0.6) is 11.6 Å². The van der Waals surface area contributed by atoms with Gasteiger partial charge in [0.05, 0.1) is 7.11 Å². The molecule has 0 bridgehead atoms. The maximum absolute atomic E-state index is 12.4. The Kier molecular flexibility index (Phi) is 6.16. The summed E-state index contributed by atoms with van der Waals surface area (Å²) in [7, 11) is 1.58. The monoisotopic (exact) mass is 369 g/mol. The van der Waals surface area contributed by atoms with Gasteiger partial charge >= 0.3 is 6.03 Å². The van der Waals surface area contributed by atoms with E-state index < -0.39 is 0 Å². The number of likely N-dealkylation sites (tertiary alicyclic amines) is 1. The number of amides is 2. The lowest BCUT2D eigenvalue weighted by atomic mass is 10.1. The lowest BCUT2D eigenvalue weighted by Crippen LogP contribution is -2.46. The molecule has 0 aliphatic carbocycles. The zero-order chi connectivity index (χ0) is 19.2. The number of hydrogen-bond donors (Lipinski definition) is 1. The van der Waals surface area contributed by atoms with Crippen molar-refractivity contribution in [3.05, 3.63) is 53.2 Å². The first-order valence-electron chi connectivity index (χ1n) is 9.31. The number of benzene rings is 1. The molecule has 0 atom stereocenters. The molecule has 1 saturated heterocycles. The van der Waals surface area contributed by atoms with Crippen molar-refractivity contribution in [2.75, 3.05) is 20.2 Å². The fraction of sp³-hybridized carbons (Fsp3) is 0.429. The highest BCUT2D eigenvalue weighted by Gasteiger charge is 2.24. The van der Waals surface area contributed by atoms with E-state index in [2.05, 4.69) is 42.3 Å². The molecule has 1 fully saturated rings. The average molecular weight is 369 g/mol. The number of urea groups is 1. The fourth-order valence-corrected chi connectivity index (χ4v) is 3.22. The van der Waals surface area contributed by atoms with Crippen LogP contribution in [-0.4, -0.2) is 42.2 Å². The summed E-state index contributed by atoms with van der Waals surface area (Å²) in [6.45, 7) is 5.90. The molecule has 2 amide bonds. The van der Waals surface area contributed by atoms with Gasteiger partial charge in [0, 0.05) is 44.2 Å². The second-order valence-electron chi connectivity index (χ2n) is 6.90. The molecular formula is C21H27N3O3. The number of ether oxygens (including phenoxy) is 2. The number of rotatable bonds is 5. The van der Waals surface area contributed by atoms with Crippen molar-refractivity contribution in [3.63, 3.8) is 0 Å². The highest BCUT2D eigenvalue weighted by Crippen LogP contribution is 2.24. The van der Waals surface area contributed by atoms with E-state index in [0.717, 1.165) is 29.7 Å². The fourth-order valence-electron chi connectivity index (χ4n) is 3.22. The summed E-state index contributed by atoms with van der Waals surface area (Å²) < 4.78 is 11.4. The Bertz CT molecular complexity index is 786. The van der Waals surface area contributed by atoms with Gasteiger partial charge in [0.2, 0.25) is 5.88 Å². The van der Waals surface area contributed by atoms with Crippen molar-refractivity contribution in [2.24, 2.45) is 0 Å². The van der Waals surface area contributed by atoms with Gasteiger partial charge in [-0.05, 0) is 37.1 Å². The lowest BCUT2D eigenvalue weighted by molar-refractivity contribution is 0.110. The molecule has 1 N–H and O–H groups in total. The van der Waals surface area contributed by atoms with E-state index in [-0.39, 0.29) is 12.1 Å². The van der Waals surface area contributed by atoms with E-state index in [0.29, 0.717) is 25.5 Å². The number of piperidine rings is 1. The van der Waals surface area contributed by atoms with E-state index in [4.69, 9.17) is 9.47 Å². The van der Waals surface area contributed by atoms with Crippen LogP contribution in [0.3, 0.4) is 0 Å². The number of nitrogens with one attached hydrogen (secondary N) is 1. The molecule has 0 saturated carbocycles. The molecule has 0 radical (unpaired) electrons. The number of aryl methyl sites for hydroxylation is 2. The second kappa shape index (κ2) is 8.75. The number of carbonyl (C=O) groups excluding carboxylic acids is 1. The van der Waals surface area contributed by atoms with E-state index in [1.807, 2.05) is 17.0 Å². The molecule has 144 valence electrons. The smallest absolute Gasteiger partial charge is 0.317 e.